The van der Waals surface area contributed by atoms with Crippen LogP contribution in [0, 0.1) is 0 Å². The highest BCUT2D eigenvalue weighted by Crippen LogP contribution is 2.25. The van der Waals surface area contributed by atoms with E-state index in [1.165, 1.54) is 4.88 Å². The fourth-order valence-corrected chi connectivity index (χ4v) is 1.78. The van der Waals surface area contributed by atoms with Crippen LogP contribution in [-0.4, -0.2) is 6.61 Å². The lowest BCUT2D eigenvalue weighted by atomic mass is 10.5. The highest BCUT2D eigenvalue weighted by atomic mass is 32.1. The van der Waals surface area contributed by atoms with Crippen LogP contribution in [0.15, 0.2) is 11.4 Å². The van der Waals surface area contributed by atoms with Gasteiger partial charge in [0, 0.05) is 5.75 Å². The first-order valence-electron chi connectivity index (χ1n) is 3.18. The number of rotatable bonds is 3. The van der Waals surface area contributed by atoms with Crippen LogP contribution in [0.5, 0.6) is 5.75 Å². The summed E-state index contributed by atoms with van der Waals surface area (Å²) in [6, 6.07) is 1.99. The van der Waals surface area contributed by atoms with Crippen molar-refractivity contribution in [3.05, 3.63) is 16.3 Å². The van der Waals surface area contributed by atoms with E-state index in [1.807, 2.05) is 18.4 Å². The molecule has 0 fully saturated rings. The molecule has 0 saturated carbocycles. The highest BCUT2D eigenvalue weighted by molar-refractivity contribution is 7.79. The van der Waals surface area contributed by atoms with Gasteiger partial charge in [-0.15, -0.1) is 11.3 Å². The quantitative estimate of drug-likeness (QED) is 0.693. The molecule has 0 saturated heterocycles. The molecule has 0 bridgehead atoms. The standard InChI is InChI=1S/C7H10OS2/c1-2-8-6-3-4-10-7(6)5-9/h3-4,9H,2,5H2,1H3. The predicted molar refractivity (Wildman–Crippen MR) is 48.2 cm³/mol. The Balaban J connectivity index is 2.70. The van der Waals surface area contributed by atoms with E-state index < -0.39 is 0 Å². The maximum atomic E-state index is 5.33. The molecule has 1 aromatic heterocycles. The van der Waals surface area contributed by atoms with Crippen LogP contribution in [0.4, 0.5) is 0 Å². The van der Waals surface area contributed by atoms with Crippen molar-refractivity contribution < 1.29 is 4.74 Å². The molecule has 0 spiro atoms. The van der Waals surface area contributed by atoms with Crippen LogP contribution in [0.3, 0.4) is 0 Å². The Bertz CT molecular complexity index is 195. The fraction of sp³-hybridized carbons (Fsp3) is 0.429. The van der Waals surface area contributed by atoms with E-state index in [9.17, 15) is 0 Å². The summed E-state index contributed by atoms with van der Waals surface area (Å²) in [5.74, 6) is 1.76. The molecule has 56 valence electrons. The Kier molecular flexibility index (Phi) is 3.09. The summed E-state index contributed by atoms with van der Waals surface area (Å²) in [5.41, 5.74) is 0. The Labute approximate surface area is 70.4 Å². The smallest absolute Gasteiger partial charge is 0.133 e. The fourth-order valence-electron chi connectivity index (χ4n) is 0.728. The second-order valence-electron chi connectivity index (χ2n) is 1.80. The van der Waals surface area contributed by atoms with E-state index in [4.69, 9.17) is 4.74 Å². The Morgan fingerprint density at radius 3 is 3.10 bits per heavy atom. The van der Waals surface area contributed by atoms with Crippen LogP contribution in [0.2, 0.25) is 0 Å². The summed E-state index contributed by atoms with van der Waals surface area (Å²) in [6.45, 7) is 2.72. The van der Waals surface area contributed by atoms with Gasteiger partial charge in [0.25, 0.3) is 0 Å². The summed E-state index contributed by atoms with van der Waals surface area (Å²) < 4.78 is 5.33. The van der Waals surface area contributed by atoms with E-state index in [1.54, 1.807) is 11.3 Å². The third-order valence-corrected chi connectivity index (χ3v) is 2.58. The lowest BCUT2D eigenvalue weighted by Crippen LogP contribution is -1.91. The average molecular weight is 174 g/mol. The SMILES string of the molecule is CCOc1ccsc1CS. The monoisotopic (exact) mass is 174 g/mol. The molecule has 0 unspecified atom stereocenters. The molecule has 0 atom stereocenters. The molecule has 0 amide bonds. The second kappa shape index (κ2) is 3.88. The van der Waals surface area contributed by atoms with Crippen LogP contribution in [-0.2, 0) is 5.75 Å². The lowest BCUT2D eigenvalue weighted by Gasteiger charge is -2.00. The van der Waals surface area contributed by atoms with Crippen molar-refractivity contribution in [1.29, 1.82) is 0 Å². The summed E-state index contributed by atoms with van der Waals surface area (Å²) in [6.07, 6.45) is 0. The number of hydrogen-bond donors (Lipinski definition) is 1. The Morgan fingerprint density at radius 2 is 2.50 bits per heavy atom. The minimum Gasteiger partial charge on any atom is -0.493 e. The molecule has 3 heteroatoms. The first-order chi connectivity index (χ1) is 4.88. The summed E-state index contributed by atoms with van der Waals surface area (Å²) >= 11 is 5.86. The number of hydrogen-bond acceptors (Lipinski definition) is 3. The van der Waals surface area contributed by atoms with Crippen molar-refractivity contribution in [3.8, 4) is 5.75 Å². The third-order valence-electron chi connectivity index (χ3n) is 1.15. The molecular formula is C7H10OS2. The van der Waals surface area contributed by atoms with Gasteiger partial charge in [-0.1, -0.05) is 0 Å². The molecule has 1 nitrogen and oxygen atoms in total. The van der Waals surface area contributed by atoms with E-state index in [0.29, 0.717) is 0 Å². The summed E-state index contributed by atoms with van der Waals surface area (Å²) in [4.78, 5) is 1.21. The van der Waals surface area contributed by atoms with Gasteiger partial charge < -0.3 is 4.74 Å². The van der Waals surface area contributed by atoms with Gasteiger partial charge in [-0.2, -0.15) is 12.6 Å². The molecule has 0 aliphatic rings. The van der Waals surface area contributed by atoms with Gasteiger partial charge in [0.15, 0.2) is 0 Å². The first-order valence-corrected chi connectivity index (χ1v) is 4.69. The van der Waals surface area contributed by atoms with E-state index in [2.05, 4.69) is 12.6 Å². The average Bonchev–Trinajstić information content (AvgIpc) is 2.36. The molecule has 0 aliphatic carbocycles. The zero-order chi connectivity index (χ0) is 7.40. The van der Waals surface area contributed by atoms with Crippen LogP contribution in [0.25, 0.3) is 0 Å². The van der Waals surface area contributed by atoms with Gasteiger partial charge in [0.2, 0.25) is 0 Å². The predicted octanol–water partition coefficient (Wildman–Crippen LogP) is 2.58. The van der Waals surface area contributed by atoms with Gasteiger partial charge >= 0.3 is 0 Å². The number of thiol groups is 1. The first kappa shape index (κ1) is 7.95. The molecule has 10 heavy (non-hydrogen) atoms. The molecule has 0 radical (unpaired) electrons. The van der Waals surface area contributed by atoms with Crippen molar-refractivity contribution >= 4 is 24.0 Å². The van der Waals surface area contributed by atoms with E-state index >= 15 is 0 Å². The normalized spacial score (nSPS) is 9.80. The van der Waals surface area contributed by atoms with Crippen molar-refractivity contribution in [1.82, 2.24) is 0 Å². The van der Waals surface area contributed by atoms with Crippen LogP contribution in [0.1, 0.15) is 11.8 Å². The van der Waals surface area contributed by atoms with Gasteiger partial charge in [0.1, 0.15) is 5.75 Å². The second-order valence-corrected chi connectivity index (χ2v) is 3.12. The summed E-state index contributed by atoms with van der Waals surface area (Å²) in [7, 11) is 0. The minimum atomic E-state index is 0.734. The Morgan fingerprint density at radius 1 is 1.70 bits per heavy atom. The minimum absolute atomic E-state index is 0.734. The van der Waals surface area contributed by atoms with Crippen molar-refractivity contribution in [2.45, 2.75) is 12.7 Å². The topological polar surface area (TPSA) is 9.23 Å². The van der Waals surface area contributed by atoms with Gasteiger partial charge in [0.05, 0.1) is 11.5 Å². The number of thiophene rings is 1. The van der Waals surface area contributed by atoms with Crippen molar-refractivity contribution in [2.75, 3.05) is 6.61 Å². The summed E-state index contributed by atoms with van der Waals surface area (Å²) in [5, 5.41) is 2.02. The molecule has 0 N–H and O–H groups in total. The zero-order valence-corrected chi connectivity index (χ0v) is 7.54. The largest absolute Gasteiger partial charge is 0.493 e. The van der Waals surface area contributed by atoms with Crippen LogP contribution < -0.4 is 4.74 Å². The molecule has 1 heterocycles. The number of ether oxygens (including phenoxy) is 1. The lowest BCUT2D eigenvalue weighted by molar-refractivity contribution is 0.339. The van der Waals surface area contributed by atoms with Crippen molar-refractivity contribution in [3.63, 3.8) is 0 Å². The zero-order valence-electron chi connectivity index (χ0n) is 5.83. The van der Waals surface area contributed by atoms with E-state index in [-0.39, 0.29) is 0 Å². The van der Waals surface area contributed by atoms with Gasteiger partial charge in [-0.05, 0) is 18.4 Å². The molecular weight excluding hydrogens is 164 g/mol. The van der Waals surface area contributed by atoms with Crippen molar-refractivity contribution in [2.24, 2.45) is 0 Å². The van der Waals surface area contributed by atoms with Crippen LogP contribution >= 0.6 is 24.0 Å². The van der Waals surface area contributed by atoms with Gasteiger partial charge in [-0.25, -0.2) is 0 Å². The maximum absolute atomic E-state index is 5.33. The molecule has 1 aromatic rings. The third kappa shape index (κ3) is 1.67. The molecule has 0 aliphatic heterocycles. The van der Waals surface area contributed by atoms with Gasteiger partial charge in [-0.3, -0.25) is 0 Å². The van der Waals surface area contributed by atoms with E-state index in [0.717, 1.165) is 18.1 Å². The molecule has 1 rings (SSSR count). The molecule has 0 aromatic carbocycles. The maximum Gasteiger partial charge on any atom is 0.133 e. The highest BCUT2D eigenvalue weighted by Gasteiger charge is 2.00. The Hall–Kier alpha value is -0.150.